The molecule has 42 heavy (non-hydrogen) atoms. The Morgan fingerprint density at radius 1 is 1.07 bits per heavy atom. The summed E-state index contributed by atoms with van der Waals surface area (Å²) in [6, 6.07) is 18.1. The fourth-order valence-electron chi connectivity index (χ4n) is 5.05. The molecule has 2 aliphatic rings. The van der Waals surface area contributed by atoms with Gasteiger partial charge >= 0.3 is 5.97 Å². The molecule has 0 radical (unpaired) electrons. The van der Waals surface area contributed by atoms with E-state index in [1.807, 2.05) is 48.5 Å². The van der Waals surface area contributed by atoms with Crippen LogP contribution in [0.1, 0.15) is 43.8 Å². The number of carbonyl (C=O) groups is 3. The van der Waals surface area contributed by atoms with E-state index in [9.17, 15) is 23.5 Å². The van der Waals surface area contributed by atoms with Gasteiger partial charge in [0, 0.05) is 53.4 Å². The minimum Gasteiger partial charge on any atom is -0.465 e. The van der Waals surface area contributed by atoms with Crippen LogP contribution in [0.4, 0.5) is 17.1 Å². The molecule has 6 N–H and O–H groups in total. The number of anilines is 3. The lowest BCUT2D eigenvalue weighted by molar-refractivity contribution is -0.110. The lowest BCUT2D eigenvalue weighted by Crippen LogP contribution is -2.42. The molecule has 3 aromatic carbocycles. The highest BCUT2D eigenvalue weighted by molar-refractivity contribution is 8.24. The summed E-state index contributed by atoms with van der Waals surface area (Å²) >= 11 is 0. The summed E-state index contributed by atoms with van der Waals surface area (Å²) in [5.74, 6) is -0.547. The normalized spacial score (nSPS) is 19.0. The molecule has 1 atom stereocenters. The number of benzene rings is 3. The van der Waals surface area contributed by atoms with Gasteiger partial charge in [0.2, 0.25) is 0 Å². The zero-order chi connectivity index (χ0) is 29.9. The number of fused-ring (bicyclic) bond motifs is 1. The van der Waals surface area contributed by atoms with Gasteiger partial charge in [-0.25, -0.2) is 4.79 Å². The first-order valence-electron chi connectivity index (χ1n) is 13.6. The summed E-state index contributed by atoms with van der Waals surface area (Å²) in [5.41, 5.74) is 5.96. The second-order valence-corrected chi connectivity index (χ2v) is 12.8. The van der Waals surface area contributed by atoms with Crippen molar-refractivity contribution in [2.45, 2.75) is 18.6 Å². The van der Waals surface area contributed by atoms with Crippen molar-refractivity contribution in [3.05, 3.63) is 88.5 Å². The third-order valence-corrected chi connectivity index (χ3v) is 9.72. The lowest BCUT2D eigenvalue weighted by atomic mass is 9.98. The highest BCUT2D eigenvalue weighted by Crippen LogP contribution is 2.46. The number of nitrogens with one attached hydrogen (secondary N) is 4. The molecule has 2 aliphatic heterocycles. The first kappa shape index (κ1) is 29.3. The highest BCUT2D eigenvalue weighted by atomic mass is 32.3. The van der Waals surface area contributed by atoms with Gasteiger partial charge in [-0.05, 0) is 79.1 Å². The highest BCUT2D eigenvalue weighted by Gasteiger charge is 2.29. The molecular formula is C31H34N4O6S. The van der Waals surface area contributed by atoms with Crippen LogP contribution in [0.15, 0.2) is 60.7 Å². The van der Waals surface area contributed by atoms with E-state index in [4.69, 9.17) is 4.74 Å². The van der Waals surface area contributed by atoms with Gasteiger partial charge in [0.1, 0.15) is 0 Å². The number of amides is 2. The Morgan fingerprint density at radius 2 is 1.76 bits per heavy atom. The molecule has 3 aromatic rings. The van der Waals surface area contributed by atoms with E-state index in [-0.39, 0.29) is 17.1 Å². The van der Waals surface area contributed by atoms with Gasteiger partial charge in [-0.1, -0.05) is 12.1 Å². The Hall–Kier alpha value is -4.16. The summed E-state index contributed by atoms with van der Waals surface area (Å²) in [6.07, 6.45) is 2.31. The Labute approximate surface area is 245 Å². The molecule has 220 valence electrons. The van der Waals surface area contributed by atoms with Gasteiger partial charge in [0.05, 0.1) is 23.7 Å². The largest absolute Gasteiger partial charge is 0.465 e. The van der Waals surface area contributed by atoms with Gasteiger partial charge in [0.15, 0.2) is 0 Å². The van der Waals surface area contributed by atoms with Crippen molar-refractivity contribution < 1.29 is 28.2 Å². The second kappa shape index (κ2) is 12.4. The number of methoxy groups -OCH3 is 1. The quantitative estimate of drug-likeness (QED) is 0.161. The Bertz CT molecular complexity index is 1540. The van der Waals surface area contributed by atoms with E-state index < -0.39 is 16.6 Å². The molecule has 0 bridgehead atoms. The maximum atomic E-state index is 12.7. The van der Waals surface area contributed by atoms with Crippen LogP contribution in [0, 0.1) is 6.92 Å². The fraction of sp³-hybridized carbons (Fsp3) is 0.258. The average Bonchev–Trinajstić information content (AvgIpc) is 3.27. The zero-order valence-electron chi connectivity index (χ0n) is 23.4. The maximum Gasteiger partial charge on any atom is 0.338 e. The number of carbonyl (C=O) groups excluding carboxylic acids is 3. The molecule has 1 fully saturated rings. The van der Waals surface area contributed by atoms with E-state index in [1.54, 1.807) is 25.1 Å². The third kappa shape index (κ3) is 6.50. The second-order valence-electron chi connectivity index (χ2n) is 10.3. The van der Waals surface area contributed by atoms with Crippen molar-refractivity contribution in [1.82, 2.24) is 10.6 Å². The molecule has 1 unspecified atom stereocenters. The first-order valence-corrected chi connectivity index (χ1v) is 15.4. The number of aryl methyl sites for hydroxylation is 1. The smallest absolute Gasteiger partial charge is 0.338 e. The van der Waals surface area contributed by atoms with Crippen LogP contribution in [0.3, 0.4) is 0 Å². The van der Waals surface area contributed by atoms with Crippen molar-refractivity contribution >= 4 is 57.1 Å². The van der Waals surface area contributed by atoms with Crippen LogP contribution >= 0.6 is 10.6 Å². The number of rotatable bonds is 8. The molecule has 0 aromatic heterocycles. The molecule has 2 amide bonds. The molecule has 0 saturated carbocycles. The number of esters is 1. The summed E-state index contributed by atoms with van der Waals surface area (Å²) in [4.78, 5) is 37.3. The molecule has 1 saturated heterocycles. The summed E-state index contributed by atoms with van der Waals surface area (Å²) in [5, 5.41) is 11.9. The Balaban J connectivity index is 1.18. The summed E-state index contributed by atoms with van der Waals surface area (Å²) < 4.78 is 25.2. The average molecular weight is 591 g/mol. The van der Waals surface area contributed by atoms with E-state index in [0.717, 1.165) is 28.1 Å². The zero-order valence-corrected chi connectivity index (χ0v) is 24.2. The van der Waals surface area contributed by atoms with Crippen LogP contribution in [0.2, 0.25) is 0 Å². The predicted molar refractivity (Wildman–Crippen MR) is 167 cm³/mol. The van der Waals surface area contributed by atoms with Gasteiger partial charge in [0.25, 0.3) is 11.8 Å². The predicted octanol–water partition coefficient (Wildman–Crippen LogP) is 4.86. The third-order valence-electron chi connectivity index (χ3n) is 7.45. The number of hydrogen-bond donors (Lipinski definition) is 6. The van der Waals surface area contributed by atoms with Crippen molar-refractivity contribution in [3.8, 4) is 0 Å². The molecule has 5 rings (SSSR count). The van der Waals surface area contributed by atoms with Crippen LogP contribution in [0.5, 0.6) is 0 Å². The van der Waals surface area contributed by atoms with Crippen molar-refractivity contribution in [2.24, 2.45) is 0 Å². The van der Waals surface area contributed by atoms with Gasteiger partial charge in [-0.3, -0.25) is 18.7 Å². The van der Waals surface area contributed by atoms with Gasteiger partial charge < -0.3 is 26.0 Å². The topological polar surface area (TPSA) is 149 Å². The van der Waals surface area contributed by atoms with Crippen LogP contribution in [-0.4, -0.2) is 64.6 Å². The molecular weight excluding hydrogens is 556 g/mol. The van der Waals surface area contributed by atoms with Crippen molar-refractivity contribution in [2.75, 3.05) is 43.1 Å². The minimum atomic E-state index is -2.61. The Kier molecular flexibility index (Phi) is 8.64. The van der Waals surface area contributed by atoms with E-state index >= 15 is 0 Å². The van der Waals surface area contributed by atoms with Crippen LogP contribution < -0.4 is 21.3 Å². The van der Waals surface area contributed by atoms with E-state index in [2.05, 4.69) is 21.3 Å². The molecule has 0 aliphatic carbocycles. The van der Waals surface area contributed by atoms with Crippen molar-refractivity contribution in [1.29, 1.82) is 0 Å². The summed E-state index contributed by atoms with van der Waals surface area (Å²) in [7, 11) is -1.28. The van der Waals surface area contributed by atoms with Gasteiger partial charge in [-0.2, -0.15) is 10.6 Å². The maximum absolute atomic E-state index is 12.7. The number of ether oxygens (including phenoxy) is 1. The minimum absolute atomic E-state index is 0.214. The van der Waals surface area contributed by atoms with Crippen LogP contribution in [-0.2, 0) is 9.53 Å². The molecule has 2 heterocycles. The van der Waals surface area contributed by atoms with Crippen LogP contribution in [0.25, 0.3) is 11.6 Å². The number of hydrogen-bond acceptors (Lipinski definition) is 8. The molecule has 10 nitrogen and oxygen atoms in total. The molecule has 11 heteroatoms. The monoisotopic (exact) mass is 590 g/mol. The van der Waals surface area contributed by atoms with E-state index in [0.29, 0.717) is 54.2 Å². The first-order chi connectivity index (χ1) is 20.1. The molecule has 0 spiro atoms. The standard InChI is InChI=1S/C31H34N4O6S/c1-19-15-26-27(30(37)35-28(26)17-25(19)31(38)41-2)16-20-3-7-22(8-4-20)34-23-9-5-21(6-10-23)29(36)33-12-11-24-18-32-13-14-42(24,39)40/h3-10,15-17,24,32,34,39-40H,11-14,18H2,1-2H3,(H,33,36)(H,35,37)/b27-16-. The van der Waals surface area contributed by atoms with E-state index in [1.165, 1.54) is 7.11 Å². The lowest BCUT2D eigenvalue weighted by Gasteiger charge is -2.44. The summed E-state index contributed by atoms with van der Waals surface area (Å²) in [6.45, 7) is 3.31. The van der Waals surface area contributed by atoms with Gasteiger partial charge in [-0.15, -0.1) is 0 Å². The van der Waals surface area contributed by atoms with Crippen molar-refractivity contribution in [3.63, 3.8) is 0 Å². The Morgan fingerprint density at radius 3 is 2.43 bits per heavy atom. The SMILES string of the molecule is COC(=O)c1cc2c(cc1C)/C(=C/c1ccc(Nc3ccc(C(=O)NCCC4CNCCS4(O)O)cc3)cc1)C(=O)N2. The fourth-order valence-corrected chi connectivity index (χ4v) is 6.70.